The van der Waals surface area contributed by atoms with Crippen molar-refractivity contribution in [1.29, 1.82) is 0 Å². The molecule has 0 aliphatic heterocycles. The van der Waals surface area contributed by atoms with E-state index in [2.05, 4.69) is 19.9 Å². The Hall–Kier alpha value is -3.20. The van der Waals surface area contributed by atoms with Gasteiger partial charge in [0.1, 0.15) is 41.5 Å². The molecular weight excluding hydrogens is 541 g/mol. The predicted octanol–water partition coefficient (Wildman–Crippen LogP) is 2.71. The van der Waals surface area contributed by atoms with E-state index in [0.717, 1.165) is 0 Å². The molecule has 0 saturated heterocycles. The van der Waals surface area contributed by atoms with Gasteiger partial charge in [0, 0.05) is 6.42 Å². The molecule has 1 unspecified atom stereocenters. The Balaban J connectivity index is 1.67. The van der Waals surface area contributed by atoms with Crippen molar-refractivity contribution in [2.24, 2.45) is 0 Å². The molecule has 1 aliphatic carbocycles. The number of fused-ring (bicyclic) bond motifs is 1. The molecule has 16 nitrogen and oxygen atoms in total. The van der Waals surface area contributed by atoms with Crippen LogP contribution in [0.1, 0.15) is 60.2 Å². The summed E-state index contributed by atoms with van der Waals surface area (Å²) in [5.41, 5.74) is 0.956. The lowest BCUT2D eigenvalue weighted by atomic mass is 10.2. The first-order chi connectivity index (χ1) is 17.9. The fraction of sp³-hybridized carbons (Fsp3) is 0.682. The highest BCUT2D eigenvalue weighted by molar-refractivity contribution is 7.53. The molecule has 0 aromatic carbocycles. The Morgan fingerprint density at radius 3 is 2.05 bits per heavy atom. The molecule has 1 fully saturated rings. The highest BCUT2D eigenvalue weighted by atomic mass is 31.2. The fourth-order valence-electron chi connectivity index (χ4n) is 3.11. The van der Waals surface area contributed by atoms with Crippen molar-refractivity contribution < 1.29 is 47.6 Å². The number of nitrogens with zero attached hydrogens (tertiary/aromatic N) is 2. The van der Waals surface area contributed by atoms with Crippen molar-refractivity contribution in [3.05, 3.63) is 16.2 Å². The van der Waals surface area contributed by atoms with Gasteiger partial charge in [0.25, 0.3) is 5.56 Å². The van der Waals surface area contributed by atoms with Crippen LogP contribution in [0.25, 0.3) is 11.2 Å². The Morgan fingerprint density at radius 2 is 1.56 bits per heavy atom. The number of carbonyl (C=O) groups excluding carboxylic acids is 2. The van der Waals surface area contributed by atoms with Crippen LogP contribution in [0.4, 0.5) is 15.5 Å². The van der Waals surface area contributed by atoms with Crippen LogP contribution in [0, 0.1) is 0 Å². The predicted molar refractivity (Wildman–Crippen MR) is 135 cm³/mol. The lowest BCUT2D eigenvalue weighted by Crippen LogP contribution is -2.32. The average Bonchev–Trinajstić information content (AvgIpc) is 3.39. The lowest BCUT2D eigenvalue weighted by molar-refractivity contribution is -0.264. The van der Waals surface area contributed by atoms with Gasteiger partial charge in [0.15, 0.2) is 11.2 Å². The number of nitrogens with two attached hydrogens (primary N) is 1. The van der Waals surface area contributed by atoms with Crippen LogP contribution in [0.5, 0.6) is 0 Å². The minimum atomic E-state index is -4.72. The molecule has 5 N–H and O–H groups in total. The van der Waals surface area contributed by atoms with Crippen molar-refractivity contribution in [1.82, 2.24) is 19.9 Å². The minimum Gasteiger partial charge on any atom is -0.433 e. The number of aromatic nitrogens is 4. The topological polar surface area (TPSA) is 227 Å². The second-order valence-electron chi connectivity index (χ2n) is 11.1. The van der Waals surface area contributed by atoms with Gasteiger partial charge in [-0.3, -0.25) is 14.3 Å². The van der Waals surface area contributed by atoms with Crippen molar-refractivity contribution >= 4 is 37.0 Å². The van der Waals surface area contributed by atoms with E-state index in [9.17, 15) is 23.8 Å². The summed E-state index contributed by atoms with van der Waals surface area (Å²) in [7, 11) is -4.72. The summed E-state index contributed by atoms with van der Waals surface area (Å²) in [4.78, 5) is 65.4. The first-order valence-corrected chi connectivity index (χ1v) is 13.7. The number of rotatable bonds is 10. The van der Waals surface area contributed by atoms with E-state index >= 15 is 0 Å². The molecule has 0 radical (unpaired) electrons. The van der Waals surface area contributed by atoms with Crippen LogP contribution in [-0.2, 0) is 39.5 Å². The summed E-state index contributed by atoms with van der Waals surface area (Å²) in [5.74, 6) is 0.223. The van der Waals surface area contributed by atoms with E-state index in [1.54, 1.807) is 41.5 Å². The maximum absolute atomic E-state index is 13.1. The van der Waals surface area contributed by atoms with Crippen LogP contribution in [0.15, 0.2) is 4.79 Å². The number of hydrogen-bond donors (Lipinski definition) is 4. The molecule has 39 heavy (non-hydrogen) atoms. The molecule has 2 aromatic rings. The molecule has 1 saturated carbocycles. The first-order valence-electron chi connectivity index (χ1n) is 12.0. The highest BCUT2D eigenvalue weighted by Crippen LogP contribution is 2.52. The average molecular weight is 576 g/mol. The van der Waals surface area contributed by atoms with Crippen LogP contribution >= 0.6 is 7.60 Å². The van der Waals surface area contributed by atoms with Gasteiger partial charge in [-0.1, -0.05) is 0 Å². The van der Waals surface area contributed by atoms with Crippen molar-refractivity contribution in [2.45, 2.75) is 83.3 Å². The lowest BCUT2D eigenvalue weighted by Gasteiger charge is -2.25. The number of nitrogen functional groups attached to an aromatic ring is 1. The quantitative estimate of drug-likeness (QED) is 0.138. The van der Waals surface area contributed by atoms with E-state index in [4.69, 9.17) is 34.2 Å². The number of hydrogen-bond acceptors (Lipinski definition) is 13. The Kier molecular flexibility index (Phi) is 8.65. The third-order valence-corrected chi connectivity index (χ3v) is 6.58. The Labute approximate surface area is 223 Å². The molecule has 17 heteroatoms. The first kappa shape index (κ1) is 30.3. The van der Waals surface area contributed by atoms with E-state index in [1.165, 1.54) is 0 Å². The SMILES string of the molecule is CC(C)(C)OC(=O)OCC(COC(=O)OC(C)(C)C)P(=O)(O)OOC1(Cc2nc3nc(N)[nH]c(=O)c3[nH]2)CC1. The molecular formula is C22H34N5O11P. The van der Waals surface area contributed by atoms with Gasteiger partial charge in [0.05, 0.1) is 0 Å². The summed E-state index contributed by atoms with van der Waals surface area (Å²) < 4.78 is 38.1. The van der Waals surface area contributed by atoms with Crippen molar-refractivity contribution in [3.8, 4) is 0 Å². The molecule has 1 aliphatic rings. The molecule has 3 rings (SSSR count). The van der Waals surface area contributed by atoms with E-state index in [1.807, 2.05) is 0 Å². The normalized spacial score (nSPS) is 16.5. The third kappa shape index (κ3) is 9.20. The molecule has 1 atom stereocenters. The third-order valence-electron chi connectivity index (χ3n) is 5.07. The zero-order valence-corrected chi connectivity index (χ0v) is 23.5. The smallest absolute Gasteiger partial charge is 0.433 e. The Bertz CT molecular complexity index is 1270. The van der Waals surface area contributed by atoms with Crippen molar-refractivity contribution in [3.63, 3.8) is 0 Å². The molecule has 218 valence electrons. The number of carbonyl (C=O) groups is 2. The van der Waals surface area contributed by atoms with Crippen LogP contribution in [-0.4, -0.2) is 72.8 Å². The maximum atomic E-state index is 13.1. The van der Waals surface area contributed by atoms with Gasteiger partial charge in [-0.05, 0) is 54.4 Å². The standard InChI is InChI=1S/C22H34N5O11P/c1-20(2,3)35-18(29)33-10-12(11-34-19(30)36-21(4,5)6)39(31,32)38-37-22(7-8-22)9-13-24-14-15(25-13)26-17(23)27-16(14)28/h12H,7-11H2,1-6H3,(H,31,32)(H4,23,24,25,26,27,28). The largest absolute Gasteiger partial charge is 0.508 e. The summed E-state index contributed by atoms with van der Waals surface area (Å²) >= 11 is 0. The summed E-state index contributed by atoms with van der Waals surface area (Å²) in [6.45, 7) is 8.30. The molecule has 0 spiro atoms. The summed E-state index contributed by atoms with van der Waals surface area (Å²) in [5, 5.41) is 0. The minimum absolute atomic E-state index is 0.0934. The highest BCUT2D eigenvalue weighted by Gasteiger charge is 2.49. The van der Waals surface area contributed by atoms with Gasteiger partial charge >= 0.3 is 19.9 Å². The van der Waals surface area contributed by atoms with E-state index < -0.39 is 61.1 Å². The number of imidazole rings is 1. The van der Waals surface area contributed by atoms with Crippen molar-refractivity contribution in [2.75, 3.05) is 18.9 Å². The molecule has 2 heterocycles. The van der Waals surface area contributed by atoms with Crippen LogP contribution in [0.3, 0.4) is 0 Å². The number of ether oxygens (including phenoxy) is 4. The van der Waals surface area contributed by atoms with E-state index in [0.29, 0.717) is 18.7 Å². The summed E-state index contributed by atoms with van der Waals surface area (Å²) in [6.07, 6.45) is -1.21. The van der Waals surface area contributed by atoms with Crippen LogP contribution < -0.4 is 11.3 Å². The van der Waals surface area contributed by atoms with E-state index in [-0.39, 0.29) is 23.5 Å². The number of anilines is 1. The Morgan fingerprint density at radius 1 is 1.03 bits per heavy atom. The van der Waals surface area contributed by atoms with Gasteiger partial charge in [-0.2, -0.15) is 4.98 Å². The van der Waals surface area contributed by atoms with Gasteiger partial charge in [-0.25, -0.2) is 19.5 Å². The number of H-pyrrole nitrogens is 2. The van der Waals surface area contributed by atoms with Gasteiger partial charge in [0.2, 0.25) is 5.95 Å². The maximum Gasteiger partial charge on any atom is 0.508 e. The second-order valence-corrected chi connectivity index (χ2v) is 13.1. The molecule has 0 amide bonds. The molecule has 0 bridgehead atoms. The summed E-state index contributed by atoms with van der Waals surface area (Å²) in [6, 6.07) is 0. The second kappa shape index (κ2) is 11.1. The van der Waals surface area contributed by atoms with Gasteiger partial charge in [-0.15, -0.1) is 4.67 Å². The molecule has 2 aromatic heterocycles. The zero-order valence-electron chi connectivity index (χ0n) is 22.6. The van der Waals surface area contributed by atoms with Gasteiger partial charge < -0.3 is 34.6 Å². The number of nitrogens with one attached hydrogen (secondary N) is 2. The fourth-order valence-corrected chi connectivity index (χ4v) is 4.02. The zero-order chi connectivity index (χ0) is 29.2. The number of aromatic amines is 2. The monoisotopic (exact) mass is 575 g/mol. The van der Waals surface area contributed by atoms with Crippen LogP contribution in [0.2, 0.25) is 0 Å².